The number of hydrogen-bond donors (Lipinski definition) is 2. The average molecular weight is 328 g/mol. The summed E-state index contributed by atoms with van der Waals surface area (Å²) in [5, 5.41) is 5.28. The summed E-state index contributed by atoms with van der Waals surface area (Å²) in [7, 11) is 0. The van der Waals surface area contributed by atoms with Crippen LogP contribution in [-0.4, -0.2) is 30.8 Å². The normalized spacial score (nSPS) is 12.1. The van der Waals surface area contributed by atoms with Gasteiger partial charge in [0.05, 0.1) is 6.04 Å². The van der Waals surface area contributed by atoms with E-state index in [1.807, 2.05) is 13.8 Å². The zero-order valence-corrected chi connectivity index (χ0v) is 13.6. The van der Waals surface area contributed by atoms with Gasteiger partial charge in [-0.05, 0) is 19.4 Å². The van der Waals surface area contributed by atoms with E-state index in [1.165, 1.54) is 11.3 Å². The third kappa shape index (κ3) is 3.42. The van der Waals surface area contributed by atoms with Gasteiger partial charge in [-0.2, -0.15) is 0 Å². The second-order valence-electron chi connectivity index (χ2n) is 5.00. The first-order valence-electron chi connectivity index (χ1n) is 7.22. The molecule has 8 heteroatoms. The topological polar surface area (TPSA) is 96.5 Å². The van der Waals surface area contributed by atoms with Gasteiger partial charge in [-0.25, -0.2) is 19.9 Å². The number of imidazole rings is 1. The van der Waals surface area contributed by atoms with Crippen LogP contribution in [0, 0.1) is 6.92 Å². The van der Waals surface area contributed by atoms with Gasteiger partial charge in [-0.1, -0.05) is 6.92 Å². The molecule has 0 aromatic carbocycles. The first-order chi connectivity index (χ1) is 11.2. The number of nitrogens with one attached hydrogen (secondary N) is 2. The third-order valence-electron chi connectivity index (χ3n) is 3.26. The van der Waals surface area contributed by atoms with Crippen molar-refractivity contribution in [3.8, 4) is 10.8 Å². The van der Waals surface area contributed by atoms with Gasteiger partial charge in [0.2, 0.25) is 0 Å². The Morgan fingerprint density at radius 2 is 2.13 bits per heavy atom. The van der Waals surface area contributed by atoms with E-state index in [-0.39, 0.29) is 11.9 Å². The zero-order valence-electron chi connectivity index (χ0n) is 12.8. The molecule has 0 aliphatic carbocycles. The largest absolute Gasteiger partial charge is 0.344 e. The van der Waals surface area contributed by atoms with E-state index in [0.29, 0.717) is 16.5 Å². The fourth-order valence-electron chi connectivity index (χ4n) is 2.10. The summed E-state index contributed by atoms with van der Waals surface area (Å²) in [5.41, 5.74) is 1.32. The predicted octanol–water partition coefficient (Wildman–Crippen LogP) is 2.51. The van der Waals surface area contributed by atoms with E-state index in [0.717, 1.165) is 17.9 Å². The molecule has 3 aromatic rings. The molecule has 3 rings (SSSR count). The number of amides is 1. The molecule has 0 fully saturated rings. The summed E-state index contributed by atoms with van der Waals surface area (Å²) in [5.74, 6) is 1.04. The molecule has 3 heterocycles. The monoisotopic (exact) mass is 328 g/mol. The number of nitrogens with zero attached hydrogens (tertiary/aromatic N) is 4. The highest BCUT2D eigenvalue weighted by Gasteiger charge is 2.19. The number of aryl methyl sites for hydroxylation is 1. The van der Waals surface area contributed by atoms with Crippen LogP contribution in [0.25, 0.3) is 10.8 Å². The van der Waals surface area contributed by atoms with Gasteiger partial charge < -0.3 is 10.3 Å². The van der Waals surface area contributed by atoms with Crippen molar-refractivity contribution >= 4 is 17.2 Å². The molecule has 0 saturated heterocycles. The summed E-state index contributed by atoms with van der Waals surface area (Å²) < 4.78 is 0. The van der Waals surface area contributed by atoms with Gasteiger partial charge in [0, 0.05) is 29.7 Å². The number of rotatable bonds is 5. The molecule has 3 aromatic heterocycles. The Morgan fingerprint density at radius 1 is 1.35 bits per heavy atom. The van der Waals surface area contributed by atoms with Gasteiger partial charge in [0.25, 0.3) is 5.91 Å². The van der Waals surface area contributed by atoms with Gasteiger partial charge in [0.1, 0.15) is 11.5 Å². The van der Waals surface area contributed by atoms with Crippen LogP contribution in [0.4, 0.5) is 0 Å². The number of carbonyl (C=O) groups excluding carboxylic acids is 1. The first-order valence-corrected chi connectivity index (χ1v) is 8.10. The van der Waals surface area contributed by atoms with Crippen LogP contribution in [-0.2, 0) is 0 Å². The number of thiazole rings is 1. The van der Waals surface area contributed by atoms with Crippen LogP contribution in [0.2, 0.25) is 0 Å². The molecule has 7 nitrogen and oxygen atoms in total. The summed E-state index contributed by atoms with van der Waals surface area (Å²) in [4.78, 5) is 32.4. The molecule has 2 N–H and O–H groups in total. The van der Waals surface area contributed by atoms with Crippen molar-refractivity contribution in [3.05, 3.63) is 47.2 Å². The molecule has 0 bridgehead atoms. The smallest absolute Gasteiger partial charge is 0.271 e. The second-order valence-corrected chi connectivity index (χ2v) is 5.85. The molecule has 23 heavy (non-hydrogen) atoms. The summed E-state index contributed by atoms with van der Waals surface area (Å²) in [6.07, 6.45) is 5.78. The Kier molecular flexibility index (Phi) is 4.42. The Morgan fingerprint density at radius 3 is 2.78 bits per heavy atom. The Hall–Kier alpha value is -2.61. The lowest BCUT2D eigenvalue weighted by Crippen LogP contribution is -2.29. The molecule has 0 saturated carbocycles. The van der Waals surface area contributed by atoms with Gasteiger partial charge >= 0.3 is 0 Å². The minimum atomic E-state index is -0.232. The van der Waals surface area contributed by atoms with E-state index >= 15 is 0 Å². The predicted molar refractivity (Wildman–Crippen MR) is 87.0 cm³/mol. The van der Waals surface area contributed by atoms with Crippen LogP contribution in [0.15, 0.2) is 30.0 Å². The quantitative estimate of drug-likeness (QED) is 0.750. The average Bonchev–Trinajstić information content (AvgIpc) is 3.22. The maximum atomic E-state index is 12.4. The summed E-state index contributed by atoms with van der Waals surface area (Å²) in [6, 6.07) is 1.57. The van der Waals surface area contributed by atoms with E-state index in [9.17, 15) is 4.79 Å². The van der Waals surface area contributed by atoms with Crippen LogP contribution >= 0.6 is 11.3 Å². The van der Waals surface area contributed by atoms with Crippen molar-refractivity contribution in [2.24, 2.45) is 0 Å². The maximum Gasteiger partial charge on any atom is 0.271 e. The minimum Gasteiger partial charge on any atom is -0.344 e. The molecule has 0 spiro atoms. The number of aromatic nitrogens is 5. The number of hydrogen-bond acceptors (Lipinski definition) is 6. The highest BCUT2D eigenvalue weighted by Crippen LogP contribution is 2.20. The van der Waals surface area contributed by atoms with E-state index in [4.69, 9.17) is 0 Å². The number of H-pyrrole nitrogens is 1. The molecule has 0 aliphatic heterocycles. The van der Waals surface area contributed by atoms with Gasteiger partial charge in [0.15, 0.2) is 10.8 Å². The van der Waals surface area contributed by atoms with Crippen LogP contribution in [0.1, 0.15) is 41.4 Å². The second kappa shape index (κ2) is 6.66. The highest BCUT2D eigenvalue weighted by atomic mass is 32.1. The molecular weight excluding hydrogens is 312 g/mol. The van der Waals surface area contributed by atoms with Gasteiger partial charge in [-0.3, -0.25) is 4.79 Å². The van der Waals surface area contributed by atoms with Crippen molar-refractivity contribution in [2.75, 3.05) is 0 Å². The standard InChI is InChI=1S/C15H16N6OS/c1-3-10(12-18-7-9(2)19-12)20-14(22)11-8-23-15(21-11)13-16-5-4-6-17-13/h4-8,10H,3H2,1-2H3,(H,18,19)(H,20,22). The van der Waals surface area contributed by atoms with Gasteiger partial charge in [-0.15, -0.1) is 11.3 Å². The van der Waals surface area contributed by atoms with Crippen molar-refractivity contribution in [2.45, 2.75) is 26.3 Å². The SMILES string of the molecule is CCC(NC(=O)c1csc(-c2ncccn2)n1)c1ncc(C)[nH]1. The lowest BCUT2D eigenvalue weighted by Gasteiger charge is -2.13. The van der Waals surface area contributed by atoms with Crippen molar-refractivity contribution in [3.63, 3.8) is 0 Å². The summed E-state index contributed by atoms with van der Waals surface area (Å²) in [6.45, 7) is 3.92. The summed E-state index contributed by atoms with van der Waals surface area (Å²) >= 11 is 1.35. The highest BCUT2D eigenvalue weighted by molar-refractivity contribution is 7.13. The number of aromatic amines is 1. The first kappa shape index (κ1) is 15.3. The Bertz CT molecular complexity index is 797. The molecule has 1 atom stereocenters. The van der Waals surface area contributed by atoms with Crippen LogP contribution < -0.4 is 5.32 Å². The maximum absolute atomic E-state index is 12.4. The third-order valence-corrected chi connectivity index (χ3v) is 4.10. The van der Waals surface area contributed by atoms with Crippen molar-refractivity contribution in [1.29, 1.82) is 0 Å². The van der Waals surface area contributed by atoms with E-state index in [2.05, 4.69) is 30.2 Å². The molecule has 1 unspecified atom stereocenters. The lowest BCUT2D eigenvalue weighted by atomic mass is 10.2. The van der Waals surface area contributed by atoms with Crippen LogP contribution in [0.5, 0.6) is 0 Å². The minimum absolute atomic E-state index is 0.172. The fourth-order valence-corrected chi connectivity index (χ4v) is 2.84. The van der Waals surface area contributed by atoms with Crippen molar-refractivity contribution < 1.29 is 4.79 Å². The van der Waals surface area contributed by atoms with E-state index in [1.54, 1.807) is 30.0 Å². The number of carbonyl (C=O) groups is 1. The Balaban J connectivity index is 1.74. The zero-order chi connectivity index (χ0) is 16.2. The molecule has 1 amide bonds. The molecule has 118 valence electrons. The van der Waals surface area contributed by atoms with E-state index < -0.39 is 0 Å². The molecule has 0 radical (unpaired) electrons. The molecule has 0 aliphatic rings. The van der Waals surface area contributed by atoms with Crippen LogP contribution in [0.3, 0.4) is 0 Å². The fraction of sp³-hybridized carbons (Fsp3) is 0.267. The lowest BCUT2D eigenvalue weighted by molar-refractivity contribution is 0.0929. The Labute approximate surface area is 137 Å². The van der Waals surface area contributed by atoms with Crippen molar-refractivity contribution in [1.82, 2.24) is 30.2 Å². The molecular formula is C15H16N6OS.